The second kappa shape index (κ2) is 6.39. The highest BCUT2D eigenvalue weighted by molar-refractivity contribution is 9.09. The highest BCUT2D eigenvalue weighted by Gasteiger charge is 2.32. The minimum absolute atomic E-state index is 0.101. The molecule has 1 amide bonds. The number of fused-ring (bicyclic) bond motifs is 1. The van der Waals surface area contributed by atoms with Gasteiger partial charge in [0.05, 0.1) is 6.61 Å². The molecule has 2 aliphatic rings. The van der Waals surface area contributed by atoms with Crippen molar-refractivity contribution in [1.82, 2.24) is 0 Å². The van der Waals surface area contributed by atoms with Crippen molar-refractivity contribution < 1.29 is 9.53 Å². The second-order valence-corrected chi connectivity index (χ2v) is 6.91. The number of hydrogen-bond donors (Lipinski definition) is 1. The van der Waals surface area contributed by atoms with E-state index in [1.165, 1.54) is 37.7 Å². The number of anilines is 1. The fraction of sp³-hybridized carbons (Fsp3) is 0.588. The van der Waals surface area contributed by atoms with Crippen LogP contribution in [0.15, 0.2) is 18.2 Å². The third kappa shape index (κ3) is 3.42. The van der Waals surface area contributed by atoms with Gasteiger partial charge in [0.15, 0.2) is 0 Å². The number of carbonyl (C=O) groups is 1. The maximum atomic E-state index is 11.5. The van der Waals surface area contributed by atoms with Gasteiger partial charge in [-0.1, -0.05) is 41.3 Å². The van der Waals surface area contributed by atoms with E-state index in [1.807, 2.05) is 12.1 Å². The van der Waals surface area contributed by atoms with E-state index < -0.39 is 0 Å². The lowest BCUT2D eigenvalue weighted by atomic mass is 9.76. The normalized spacial score (nSPS) is 20.5. The van der Waals surface area contributed by atoms with Gasteiger partial charge in [0, 0.05) is 28.9 Å². The van der Waals surface area contributed by atoms with Crippen LogP contribution in [0.4, 0.5) is 5.69 Å². The Bertz CT molecular complexity index is 524. The number of alkyl halides is 1. The van der Waals surface area contributed by atoms with E-state index in [2.05, 4.69) is 27.3 Å². The smallest absolute Gasteiger partial charge is 0.224 e. The molecule has 114 valence electrons. The van der Waals surface area contributed by atoms with Gasteiger partial charge in [-0.05, 0) is 30.9 Å². The van der Waals surface area contributed by atoms with Crippen LogP contribution in [-0.4, -0.2) is 17.8 Å². The van der Waals surface area contributed by atoms with Crippen LogP contribution in [-0.2, 0) is 11.2 Å². The largest absolute Gasteiger partial charge is 0.493 e. The van der Waals surface area contributed by atoms with Crippen LogP contribution < -0.4 is 10.1 Å². The number of benzene rings is 1. The third-order valence-corrected chi connectivity index (χ3v) is 5.91. The third-order valence-electron chi connectivity index (χ3n) is 4.72. The molecule has 4 heteroatoms. The molecule has 1 heterocycles. The lowest BCUT2D eigenvalue weighted by Gasteiger charge is -2.35. The van der Waals surface area contributed by atoms with Gasteiger partial charge in [-0.3, -0.25) is 4.79 Å². The molecule has 1 aliphatic carbocycles. The number of rotatable bonds is 4. The number of nitrogens with one attached hydrogen (secondary N) is 1. The van der Waals surface area contributed by atoms with Crippen LogP contribution in [0.1, 0.15) is 44.1 Å². The van der Waals surface area contributed by atoms with E-state index in [-0.39, 0.29) is 11.3 Å². The van der Waals surface area contributed by atoms with Crippen molar-refractivity contribution in [3.63, 3.8) is 0 Å². The molecule has 0 aromatic heterocycles. The highest BCUT2D eigenvalue weighted by atomic mass is 79.9. The van der Waals surface area contributed by atoms with Crippen molar-refractivity contribution in [2.45, 2.75) is 44.9 Å². The molecule has 1 aromatic rings. The Morgan fingerprint density at radius 1 is 1.19 bits per heavy atom. The van der Waals surface area contributed by atoms with Crippen LogP contribution >= 0.6 is 15.9 Å². The van der Waals surface area contributed by atoms with Crippen LogP contribution in [0.25, 0.3) is 0 Å². The SMILES string of the molecule is O=C1CCc2ccc(OCC3(CBr)CCCCC3)cc2N1. The predicted octanol–water partition coefficient (Wildman–Crippen LogP) is 4.30. The molecule has 0 spiro atoms. The molecule has 1 N–H and O–H groups in total. The Kier molecular flexibility index (Phi) is 4.53. The van der Waals surface area contributed by atoms with Crippen molar-refractivity contribution in [3.8, 4) is 5.75 Å². The number of hydrogen-bond acceptors (Lipinski definition) is 2. The standard InChI is InChI=1S/C17H22BrNO2/c18-11-17(8-2-1-3-9-17)12-21-14-6-4-13-5-7-16(20)19-15(13)10-14/h4,6,10H,1-3,5,7-9,11-12H2,(H,19,20). The summed E-state index contributed by atoms with van der Waals surface area (Å²) in [5, 5.41) is 3.94. The molecule has 3 nitrogen and oxygen atoms in total. The molecular weight excluding hydrogens is 330 g/mol. The van der Waals surface area contributed by atoms with Gasteiger partial charge >= 0.3 is 0 Å². The lowest BCUT2D eigenvalue weighted by Crippen LogP contribution is -2.32. The Morgan fingerprint density at radius 2 is 2.00 bits per heavy atom. The summed E-state index contributed by atoms with van der Waals surface area (Å²) < 4.78 is 6.06. The molecule has 1 aromatic carbocycles. The van der Waals surface area contributed by atoms with Crippen LogP contribution in [0.5, 0.6) is 5.75 Å². The van der Waals surface area contributed by atoms with Crippen molar-refractivity contribution >= 4 is 27.5 Å². The molecule has 1 aliphatic heterocycles. The Labute approximate surface area is 134 Å². The first-order valence-electron chi connectivity index (χ1n) is 7.82. The van der Waals surface area contributed by atoms with Crippen LogP contribution in [0.3, 0.4) is 0 Å². The van der Waals surface area contributed by atoms with Gasteiger partial charge in [0.2, 0.25) is 5.91 Å². The summed E-state index contributed by atoms with van der Waals surface area (Å²) in [4.78, 5) is 11.5. The second-order valence-electron chi connectivity index (χ2n) is 6.35. The maximum absolute atomic E-state index is 11.5. The first kappa shape index (κ1) is 14.9. The summed E-state index contributed by atoms with van der Waals surface area (Å²) in [5.74, 6) is 0.964. The summed E-state index contributed by atoms with van der Waals surface area (Å²) in [6.07, 6.45) is 7.83. The van der Waals surface area contributed by atoms with E-state index in [0.29, 0.717) is 6.42 Å². The number of carbonyl (C=O) groups excluding carboxylic acids is 1. The van der Waals surface area contributed by atoms with E-state index in [1.54, 1.807) is 0 Å². The topological polar surface area (TPSA) is 38.3 Å². The van der Waals surface area contributed by atoms with Gasteiger partial charge in [0.1, 0.15) is 5.75 Å². The minimum atomic E-state index is 0.101. The fourth-order valence-corrected chi connectivity index (χ4v) is 4.02. The Hall–Kier alpha value is -1.03. The molecule has 1 saturated carbocycles. The van der Waals surface area contributed by atoms with Crippen LogP contribution in [0, 0.1) is 5.41 Å². The highest BCUT2D eigenvalue weighted by Crippen LogP contribution is 2.38. The molecular formula is C17H22BrNO2. The zero-order valence-electron chi connectivity index (χ0n) is 12.3. The number of amides is 1. The molecule has 0 atom stereocenters. The maximum Gasteiger partial charge on any atom is 0.224 e. The van der Waals surface area contributed by atoms with E-state index in [4.69, 9.17) is 4.74 Å². The summed E-state index contributed by atoms with van der Waals surface area (Å²) in [6, 6.07) is 6.07. The lowest BCUT2D eigenvalue weighted by molar-refractivity contribution is -0.116. The van der Waals surface area contributed by atoms with Gasteiger partial charge in [-0.25, -0.2) is 0 Å². The van der Waals surface area contributed by atoms with Crippen molar-refractivity contribution in [2.75, 3.05) is 17.3 Å². The number of ether oxygens (including phenoxy) is 1. The Morgan fingerprint density at radius 3 is 2.76 bits per heavy atom. The first-order chi connectivity index (χ1) is 10.2. The molecule has 0 radical (unpaired) electrons. The molecule has 1 fully saturated rings. The number of aryl methyl sites for hydroxylation is 1. The molecule has 3 rings (SSSR count). The fourth-order valence-electron chi connectivity index (χ4n) is 3.30. The summed E-state index contributed by atoms with van der Waals surface area (Å²) >= 11 is 3.67. The molecule has 0 saturated heterocycles. The first-order valence-corrected chi connectivity index (χ1v) is 8.95. The Balaban J connectivity index is 1.67. The zero-order chi connectivity index (χ0) is 14.7. The molecule has 21 heavy (non-hydrogen) atoms. The molecule has 0 bridgehead atoms. The summed E-state index contributed by atoms with van der Waals surface area (Å²) in [6.45, 7) is 0.755. The number of halogens is 1. The summed E-state index contributed by atoms with van der Waals surface area (Å²) in [7, 11) is 0. The predicted molar refractivity (Wildman–Crippen MR) is 88.2 cm³/mol. The van der Waals surface area contributed by atoms with Gasteiger partial charge in [0.25, 0.3) is 0 Å². The average Bonchev–Trinajstić information content (AvgIpc) is 2.53. The van der Waals surface area contributed by atoms with Crippen LogP contribution in [0.2, 0.25) is 0 Å². The van der Waals surface area contributed by atoms with E-state index in [9.17, 15) is 4.79 Å². The van der Waals surface area contributed by atoms with E-state index >= 15 is 0 Å². The minimum Gasteiger partial charge on any atom is -0.493 e. The zero-order valence-corrected chi connectivity index (χ0v) is 13.9. The average molecular weight is 352 g/mol. The quantitative estimate of drug-likeness (QED) is 0.821. The van der Waals surface area contributed by atoms with Crippen molar-refractivity contribution in [1.29, 1.82) is 0 Å². The molecule has 0 unspecified atom stereocenters. The van der Waals surface area contributed by atoms with Gasteiger partial charge < -0.3 is 10.1 Å². The summed E-state index contributed by atoms with van der Waals surface area (Å²) in [5.41, 5.74) is 2.40. The van der Waals surface area contributed by atoms with Gasteiger partial charge in [-0.2, -0.15) is 0 Å². The monoisotopic (exact) mass is 351 g/mol. The van der Waals surface area contributed by atoms with Gasteiger partial charge in [-0.15, -0.1) is 0 Å². The van der Waals surface area contributed by atoms with Crippen molar-refractivity contribution in [2.24, 2.45) is 5.41 Å². The van der Waals surface area contributed by atoms with Crippen molar-refractivity contribution in [3.05, 3.63) is 23.8 Å². The van der Waals surface area contributed by atoms with E-state index in [0.717, 1.165) is 29.8 Å².